The van der Waals surface area contributed by atoms with Gasteiger partial charge in [0.05, 0.1) is 13.2 Å². The van der Waals surface area contributed by atoms with Crippen molar-refractivity contribution in [3.8, 4) is 0 Å². The van der Waals surface area contributed by atoms with Crippen LogP contribution in [0.3, 0.4) is 0 Å². The number of aliphatic hydroxyl groups excluding tert-OH is 1. The normalized spacial score (nSPS) is 15.2. The Hall–Kier alpha value is -0.710. The Balaban J connectivity index is 3.00. The largest absolute Gasteiger partial charge is 0.385 e. The second-order valence-electron chi connectivity index (χ2n) is 3.86. The molecule has 19 heavy (non-hydrogen) atoms. The van der Waals surface area contributed by atoms with Crippen molar-refractivity contribution in [1.82, 2.24) is 0 Å². The van der Waals surface area contributed by atoms with Gasteiger partial charge in [0.15, 0.2) is 5.85 Å². The van der Waals surface area contributed by atoms with Gasteiger partial charge >= 0.3 is 7.60 Å². The number of benzene rings is 1. The summed E-state index contributed by atoms with van der Waals surface area (Å²) in [5.74, 6) is -1.05. The summed E-state index contributed by atoms with van der Waals surface area (Å²) in [6.45, 7) is 3.87. The first-order valence-electron chi connectivity index (χ1n) is 6.23. The van der Waals surface area contributed by atoms with Crippen LogP contribution in [-0.4, -0.2) is 31.3 Å². The second kappa shape index (κ2) is 7.78. The van der Waals surface area contributed by atoms with Crippen molar-refractivity contribution >= 4 is 7.60 Å². The number of aliphatic hydroxyl groups is 1. The molecule has 1 N–H and O–H groups in total. The van der Waals surface area contributed by atoms with Gasteiger partial charge in [0.25, 0.3) is 0 Å². The molecule has 108 valence electrons. The van der Waals surface area contributed by atoms with E-state index in [4.69, 9.17) is 13.8 Å². The van der Waals surface area contributed by atoms with Crippen LogP contribution in [0, 0.1) is 0 Å². The van der Waals surface area contributed by atoms with Gasteiger partial charge in [-0.15, -0.1) is 0 Å². The maximum atomic E-state index is 12.6. The van der Waals surface area contributed by atoms with Crippen LogP contribution in [0.15, 0.2) is 30.3 Å². The molecule has 5 nitrogen and oxygen atoms in total. The van der Waals surface area contributed by atoms with E-state index in [2.05, 4.69) is 0 Å². The monoisotopic (exact) mass is 288 g/mol. The summed E-state index contributed by atoms with van der Waals surface area (Å²) in [4.78, 5) is 0. The van der Waals surface area contributed by atoms with Gasteiger partial charge in [-0.1, -0.05) is 30.3 Å². The summed E-state index contributed by atoms with van der Waals surface area (Å²) in [7, 11) is -2.15. The molecule has 0 fully saturated rings. The van der Waals surface area contributed by atoms with Crippen molar-refractivity contribution < 1.29 is 23.5 Å². The van der Waals surface area contributed by atoms with E-state index in [1.54, 1.807) is 38.1 Å². The molecule has 0 saturated heterocycles. The lowest BCUT2D eigenvalue weighted by molar-refractivity contribution is 0.0119. The highest BCUT2D eigenvalue weighted by Crippen LogP contribution is 2.56. The second-order valence-corrected chi connectivity index (χ2v) is 5.96. The molecule has 1 aromatic carbocycles. The summed E-state index contributed by atoms with van der Waals surface area (Å²) in [6, 6.07) is 8.88. The van der Waals surface area contributed by atoms with Crippen LogP contribution in [0.2, 0.25) is 0 Å². The SMILES string of the molecule is CCOP(=O)(OCC)[C@@H](OC)[C@H](O)c1ccccc1. The zero-order chi connectivity index (χ0) is 14.3. The Bertz CT molecular complexity index is 399. The van der Waals surface area contributed by atoms with Gasteiger partial charge in [0.1, 0.15) is 6.10 Å². The molecule has 0 aliphatic rings. The smallest absolute Gasteiger partial charge is 0.362 e. The quantitative estimate of drug-likeness (QED) is 0.745. The van der Waals surface area contributed by atoms with Gasteiger partial charge in [0.2, 0.25) is 0 Å². The Labute approximate surface area is 114 Å². The van der Waals surface area contributed by atoms with Gasteiger partial charge in [-0.25, -0.2) is 0 Å². The number of rotatable bonds is 8. The molecule has 0 unspecified atom stereocenters. The molecule has 0 radical (unpaired) electrons. The fraction of sp³-hybridized carbons (Fsp3) is 0.538. The highest BCUT2D eigenvalue weighted by molar-refractivity contribution is 7.54. The van der Waals surface area contributed by atoms with Crippen LogP contribution in [0.5, 0.6) is 0 Å². The standard InChI is InChI=1S/C13H21O5P/c1-4-17-19(15,18-5-2)13(16-3)12(14)11-9-7-6-8-10-11/h6-10,12-14H,4-5H2,1-3H3/t12-,13-/m1/s1. The molecule has 0 amide bonds. The molecule has 1 aromatic rings. The maximum absolute atomic E-state index is 12.6. The summed E-state index contributed by atoms with van der Waals surface area (Å²) < 4.78 is 28.2. The van der Waals surface area contributed by atoms with E-state index >= 15 is 0 Å². The molecule has 0 aliphatic heterocycles. The first kappa shape index (κ1) is 16.3. The summed E-state index contributed by atoms with van der Waals surface area (Å²) in [6.07, 6.45) is -1.07. The van der Waals surface area contributed by atoms with Crippen molar-refractivity contribution in [3.05, 3.63) is 35.9 Å². The molecule has 0 heterocycles. The molecular formula is C13H21O5P. The molecular weight excluding hydrogens is 267 g/mol. The van der Waals surface area contributed by atoms with Crippen molar-refractivity contribution in [3.63, 3.8) is 0 Å². The molecule has 0 spiro atoms. The highest BCUT2D eigenvalue weighted by atomic mass is 31.2. The number of hydrogen-bond acceptors (Lipinski definition) is 5. The Morgan fingerprint density at radius 2 is 1.68 bits per heavy atom. The first-order chi connectivity index (χ1) is 9.09. The summed E-state index contributed by atoms with van der Waals surface area (Å²) in [5, 5.41) is 10.3. The van der Waals surface area contributed by atoms with Crippen molar-refractivity contribution in [2.45, 2.75) is 25.8 Å². The van der Waals surface area contributed by atoms with Crippen molar-refractivity contribution in [1.29, 1.82) is 0 Å². The molecule has 0 aromatic heterocycles. The third kappa shape index (κ3) is 4.13. The van der Waals surface area contributed by atoms with E-state index < -0.39 is 19.5 Å². The summed E-state index contributed by atoms with van der Waals surface area (Å²) in [5.41, 5.74) is 0.606. The van der Waals surface area contributed by atoms with E-state index in [9.17, 15) is 9.67 Å². The van der Waals surface area contributed by atoms with Crippen molar-refractivity contribution in [2.24, 2.45) is 0 Å². The van der Waals surface area contributed by atoms with Gasteiger partial charge in [-0.2, -0.15) is 0 Å². The van der Waals surface area contributed by atoms with E-state index in [1.807, 2.05) is 6.07 Å². The number of methoxy groups -OCH3 is 1. The number of hydrogen-bond donors (Lipinski definition) is 1. The van der Waals surface area contributed by atoms with E-state index in [0.29, 0.717) is 5.56 Å². The Morgan fingerprint density at radius 1 is 1.16 bits per heavy atom. The van der Waals surface area contributed by atoms with Crippen LogP contribution in [-0.2, 0) is 18.3 Å². The molecule has 0 aliphatic carbocycles. The van der Waals surface area contributed by atoms with Gasteiger partial charge < -0.3 is 18.9 Å². The maximum Gasteiger partial charge on any atom is 0.362 e. The first-order valence-corrected chi connectivity index (χ1v) is 7.84. The summed E-state index contributed by atoms with van der Waals surface area (Å²) >= 11 is 0. The zero-order valence-corrected chi connectivity index (χ0v) is 12.4. The lowest BCUT2D eigenvalue weighted by Crippen LogP contribution is -2.23. The minimum Gasteiger partial charge on any atom is -0.385 e. The van der Waals surface area contributed by atoms with Crippen LogP contribution >= 0.6 is 7.60 Å². The lowest BCUT2D eigenvalue weighted by Gasteiger charge is -2.28. The average Bonchev–Trinajstić information content (AvgIpc) is 2.40. The Kier molecular flexibility index (Phi) is 6.69. The Morgan fingerprint density at radius 3 is 2.11 bits per heavy atom. The zero-order valence-electron chi connectivity index (χ0n) is 11.5. The molecule has 1 rings (SSSR count). The third-order valence-electron chi connectivity index (χ3n) is 2.58. The topological polar surface area (TPSA) is 65.0 Å². The fourth-order valence-electron chi connectivity index (χ4n) is 1.79. The molecule has 2 atom stereocenters. The van der Waals surface area contributed by atoms with Crippen molar-refractivity contribution in [2.75, 3.05) is 20.3 Å². The third-order valence-corrected chi connectivity index (χ3v) is 4.94. The molecule has 0 saturated carbocycles. The van der Waals surface area contributed by atoms with Gasteiger partial charge in [0, 0.05) is 7.11 Å². The van der Waals surface area contributed by atoms with Gasteiger partial charge in [-0.3, -0.25) is 4.57 Å². The van der Waals surface area contributed by atoms with E-state index in [1.165, 1.54) is 7.11 Å². The van der Waals surface area contributed by atoms with Crippen LogP contribution in [0.1, 0.15) is 25.5 Å². The predicted molar refractivity (Wildman–Crippen MR) is 73.1 cm³/mol. The highest BCUT2D eigenvalue weighted by Gasteiger charge is 2.41. The van der Waals surface area contributed by atoms with E-state index in [0.717, 1.165) is 0 Å². The minimum absolute atomic E-state index is 0.221. The van der Waals surface area contributed by atoms with Crippen LogP contribution in [0.4, 0.5) is 0 Å². The lowest BCUT2D eigenvalue weighted by atomic mass is 10.1. The minimum atomic E-state index is -3.52. The van der Waals surface area contributed by atoms with Crippen LogP contribution in [0.25, 0.3) is 0 Å². The number of ether oxygens (including phenoxy) is 1. The van der Waals surface area contributed by atoms with Crippen LogP contribution < -0.4 is 0 Å². The average molecular weight is 288 g/mol. The van der Waals surface area contributed by atoms with Gasteiger partial charge in [-0.05, 0) is 19.4 Å². The molecule has 0 bridgehead atoms. The predicted octanol–water partition coefficient (Wildman–Crippen LogP) is 2.96. The fourth-order valence-corrected chi connectivity index (χ4v) is 3.65. The molecule has 6 heteroatoms. The van der Waals surface area contributed by atoms with E-state index in [-0.39, 0.29) is 13.2 Å².